The summed E-state index contributed by atoms with van der Waals surface area (Å²) >= 11 is 6.12. The van der Waals surface area contributed by atoms with Crippen LogP contribution in [0.4, 0.5) is 0 Å². The highest BCUT2D eigenvalue weighted by molar-refractivity contribution is 6.30. The second kappa shape index (κ2) is 15.0. The van der Waals surface area contributed by atoms with Gasteiger partial charge in [0.15, 0.2) is 0 Å². The summed E-state index contributed by atoms with van der Waals surface area (Å²) < 4.78 is 12.0. The zero-order chi connectivity index (χ0) is 29.2. The second-order valence-electron chi connectivity index (χ2n) is 10.9. The molecule has 1 heterocycles. The third-order valence-corrected chi connectivity index (χ3v) is 7.27. The Hall–Kier alpha value is -3.39. The number of hydrogen-bond acceptors (Lipinski definition) is 5. The Balaban J connectivity index is 1.60. The monoisotopic (exact) mass is 578 g/mol. The zero-order valence-electron chi connectivity index (χ0n) is 23.9. The van der Waals surface area contributed by atoms with Crippen molar-refractivity contribution in [2.24, 2.45) is 5.92 Å². The molecule has 0 aromatic heterocycles. The molecule has 0 saturated carbocycles. The van der Waals surface area contributed by atoms with Crippen molar-refractivity contribution < 1.29 is 24.2 Å². The van der Waals surface area contributed by atoms with Gasteiger partial charge < -0.3 is 19.5 Å². The molecule has 0 radical (unpaired) electrons. The summed E-state index contributed by atoms with van der Waals surface area (Å²) in [4.78, 5) is 29.0. The van der Waals surface area contributed by atoms with Crippen LogP contribution in [0.2, 0.25) is 5.02 Å². The number of benzene rings is 3. The maximum atomic E-state index is 13.6. The molecular weight excluding hydrogens is 540 g/mol. The first-order valence-electron chi connectivity index (χ1n) is 14.2. The van der Waals surface area contributed by atoms with Gasteiger partial charge in [-0.05, 0) is 71.5 Å². The van der Waals surface area contributed by atoms with Gasteiger partial charge in [0.25, 0.3) is 5.91 Å². The van der Waals surface area contributed by atoms with Gasteiger partial charge in [0.1, 0.15) is 18.9 Å². The minimum absolute atomic E-state index is 0.131. The normalized spacial score (nSPS) is 14.5. The van der Waals surface area contributed by atoms with Crippen LogP contribution in [-0.4, -0.2) is 66.2 Å². The van der Waals surface area contributed by atoms with Crippen LogP contribution in [0.3, 0.4) is 0 Å². The molecule has 3 aromatic rings. The maximum absolute atomic E-state index is 13.6. The van der Waals surface area contributed by atoms with Crippen LogP contribution in [0.25, 0.3) is 0 Å². The van der Waals surface area contributed by atoms with Gasteiger partial charge in [0.05, 0.1) is 13.2 Å². The Morgan fingerprint density at radius 3 is 2.59 bits per heavy atom. The molecule has 2 bridgehead atoms. The van der Waals surface area contributed by atoms with E-state index in [0.717, 1.165) is 42.7 Å². The van der Waals surface area contributed by atoms with Gasteiger partial charge >= 0.3 is 5.97 Å². The van der Waals surface area contributed by atoms with Crippen molar-refractivity contribution in [3.05, 3.63) is 99.6 Å². The van der Waals surface area contributed by atoms with Gasteiger partial charge in [-0.3, -0.25) is 14.5 Å². The highest BCUT2D eigenvalue weighted by atomic mass is 35.5. The number of carbonyl (C=O) groups is 2. The summed E-state index contributed by atoms with van der Waals surface area (Å²) in [6.07, 6.45) is 1.70. The molecule has 0 aliphatic carbocycles. The number of carboxylic acid groups (broad SMARTS) is 1. The van der Waals surface area contributed by atoms with Gasteiger partial charge in [-0.1, -0.05) is 61.8 Å². The van der Waals surface area contributed by atoms with E-state index < -0.39 is 12.5 Å². The molecule has 1 amide bonds. The third-order valence-electron chi connectivity index (χ3n) is 7.04. The van der Waals surface area contributed by atoms with Crippen LogP contribution < -0.4 is 4.74 Å². The van der Waals surface area contributed by atoms with Crippen LogP contribution in [0, 0.1) is 5.92 Å². The Morgan fingerprint density at radius 1 is 1.00 bits per heavy atom. The average molecular weight is 579 g/mol. The van der Waals surface area contributed by atoms with Crippen LogP contribution in [0.15, 0.2) is 66.7 Å². The number of carboxylic acids is 1. The van der Waals surface area contributed by atoms with Crippen molar-refractivity contribution in [1.82, 2.24) is 9.80 Å². The molecule has 3 aromatic carbocycles. The largest absolute Gasteiger partial charge is 0.491 e. The fourth-order valence-corrected chi connectivity index (χ4v) is 5.14. The van der Waals surface area contributed by atoms with Crippen molar-refractivity contribution in [1.29, 1.82) is 0 Å². The molecule has 7 nitrogen and oxygen atoms in total. The van der Waals surface area contributed by atoms with Gasteiger partial charge in [0.2, 0.25) is 0 Å². The highest BCUT2D eigenvalue weighted by Crippen LogP contribution is 2.26. The molecule has 0 saturated heterocycles. The zero-order valence-corrected chi connectivity index (χ0v) is 24.6. The molecule has 0 atom stereocenters. The summed E-state index contributed by atoms with van der Waals surface area (Å²) in [7, 11) is 0. The molecule has 1 aliphatic rings. The summed E-state index contributed by atoms with van der Waals surface area (Å²) in [6.45, 7) is 8.41. The molecule has 0 unspecified atom stereocenters. The van der Waals surface area contributed by atoms with E-state index in [2.05, 4.69) is 43.0 Å². The summed E-state index contributed by atoms with van der Waals surface area (Å²) in [5, 5.41) is 10.1. The Bertz CT molecular complexity index is 1330. The third kappa shape index (κ3) is 9.59. The molecule has 1 N–H and O–H groups in total. The number of fused-ring (bicyclic) bond motifs is 3. The van der Waals surface area contributed by atoms with Crippen LogP contribution in [0.5, 0.6) is 5.75 Å². The number of halogens is 1. The number of amides is 1. The van der Waals surface area contributed by atoms with E-state index in [1.165, 1.54) is 10.5 Å². The van der Waals surface area contributed by atoms with Gasteiger partial charge in [-0.15, -0.1) is 0 Å². The molecule has 218 valence electrons. The van der Waals surface area contributed by atoms with Crippen molar-refractivity contribution in [3.63, 3.8) is 0 Å². The van der Waals surface area contributed by atoms with Gasteiger partial charge in [-0.25, -0.2) is 0 Å². The summed E-state index contributed by atoms with van der Waals surface area (Å²) in [5.74, 6) is -0.131. The minimum Gasteiger partial charge on any atom is -0.491 e. The predicted molar refractivity (Wildman–Crippen MR) is 161 cm³/mol. The molecule has 1 aliphatic heterocycles. The standard InChI is InChI=1S/C33H39ClN2O5/c1-24(2)11-12-35-13-14-40-15-16-41-31-10-9-28(20-29(31)18-25-5-3-6-26(17-25)21-35)33(39)36(23-32(37)38)22-27-7-4-8-30(34)19-27/h3-10,17,19-20,24H,11-16,18,21-23H2,1-2H3,(H,37,38). The van der Waals surface area contributed by atoms with E-state index in [1.54, 1.807) is 30.3 Å². The van der Waals surface area contributed by atoms with E-state index in [9.17, 15) is 14.7 Å². The van der Waals surface area contributed by atoms with Crippen molar-refractivity contribution in [2.45, 2.75) is 39.8 Å². The Kier molecular flexibility index (Phi) is 11.2. The number of hydrogen-bond donors (Lipinski definition) is 1. The van der Waals surface area contributed by atoms with Crippen LogP contribution in [0.1, 0.15) is 52.9 Å². The SMILES string of the molecule is CC(C)CCN1CCOCCOc2ccc(C(=O)N(CC(=O)O)Cc3cccc(Cl)c3)cc2Cc2cccc(c2)C1. The van der Waals surface area contributed by atoms with E-state index in [4.69, 9.17) is 21.1 Å². The molecule has 8 heteroatoms. The van der Waals surface area contributed by atoms with Crippen molar-refractivity contribution in [3.8, 4) is 5.75 Å². The van der Waals surface area contributed by atoms with Crippen molar-refractivity contribution >= 4 is 23.5 Å². The molecular formula is C33H39ClN2O5. The number of aliphatic carboxylic acids is 1. The minimum atomic E-state index is -1.08. The lowest BCUT2D eigenvalue weighted by molar-refractivity contribution is -0.137. The van der Waals surface area contributed by atoms with Gasteiger partial charge in [0, 0.05) is 36.6 Å². The Morgan fingerprint density at radius 2 is 1.80 bits per heavy atom. The fourth-order valence-electron chi connectivity index (χ4n) is 4.93. The lowest BCUT2D eigenvalue weighted by Crippen LogP contribution is -2.35. The average Bonchev–Trinajstić information content (AvgIpc) is 2.93. The van der Waals surface area contributed by atoms with E-state index in [-0.39, 0.29) is 12.5 Å². The lowest BCUT2D eigenvalue weighted by Gasteiger charge is -2.24. The first kappa shape index (κ1) is 30.6. The number of rotatable bonds is 8. The second-order valence-corrected chi connectivity index (χ2v) is 11.4. The molecule has 0 fully saturated rings. The molecule has 0 spiro atoms. The highest BCUT2D eigenvalue weighted by Gasteiger charge is 2.21. The van der Waals surface area contributed by atoms with Crippen LogP contribution in [-0.2, 0) is 29.0 Å². The topological polar surface area (TPSA) is 79.3 Å². The molecule has 4 rings (SSSR count). The number of nitrogens with zero attached hydrogens (tertiary/aromatic N) is 2. The summed E-state index contributed by atoms with van der Waals surface area (Å²) in [5.41, 5.74) is 4.37. The number of ether oxygens (including phenoxy) is 2. The first-order valence-corrected chi connectivity index (χ1v) is 14.5. The number of carbonyl (C=O) groups excluding carboxylic acids is 1. The van der Waals surface area contributed by atoms with E-state index >= 15 is 0 Å². The fraction of sp³-hybridized carbons (Fsp3) is 0.394. The van der Waals surface area contributed by atoms with E-state index in [0.29, 0.717) is 48.5 Å². The summed E-state index contributed by atoms with van der Waals surface area (Å²) in [6, 6.07) is 20.9. The van der Waals surface area contributed by atoms with Crippen molar-refractivity contribution in [2.75, 3.05) is 39.5 Å². The predicted octanol–water partition coefficient (Wildman–Crippen LogP) is 5.91. The maximum Gasteiger partial charge on any atom is 0.323 e. The lowest BCUT2D eigenvalue weighted by atomic mass is 9.99. The quantitative estimate of drug-likeness (QED) is 0.358. The van der Waals surface area contributed by atoms with E-state index in [1.807, 2.05) is 12.1 Å². The Labute approximate surface area is 247 Å². The van der Waals surface area contributed by atoms with Gasteiger partial charge in [-0.2, -0.15) is 0 Å². The molecule has 41 heavy (non-hydrogen) atoms. The smallest absolute Gasteiger partial charge is 0.323 e. The first-order chi connectivity index (χ1) is 19.8. The van der Waals surface area contributed by atoms with Crippen LogP contribution >= 0.6 is 11.6 Å².